The van der Waals surface area contributed by atoms with Crippen LogP contribution in [0.2, 0.25) is 0 Å². The molecule has 7 nitrogen and oxygen atoms in total. The molecule has 0 aromatic heterocycles. The lowest BCUT2D eigenvalue weighted by molar-refractivity contribution is -0.167. The maximum absolute atomic E-state index is 13.8. The van der Waals surface area contributed by atoms with Crippen LogP contribution in [0.3, 0.4) is 0 Å². The van der Waals surface area contributed by atoms with Crippen molar-refractivity contribution in [1.82, 2.24) is 0 Å². The Hall–Kier alpha value is -2.60. The van der Waals surface area contributed by atoms with Crippen molar-refractivity contribution in [3.63, 3.8) is 0 Å². The summed E-state index contributed by atoms with van der Waals surface area (Å²) in [5.41, 5.74) is -0.557. The van der Waals surface area contributed by atoms with Gasteiger partial charge >= 0.3 is 8.69 Å². The third-order valence-corrected chi connectivity index (χ3v) is 5.31. The van der Waals surface area contributed by atoms with Crippen LogP contribution < -0.4 is 10.0 Å². The van der Waals surface area contributed by atoms with Crippen molar-refractivity contribution in [1.29, 1.82) is 0 Å². The van der Waals surface area contributed by atoms with Gasteiger partial charge in [0.15, 0.2) is 11.7 Å². The smallest absolute Gasteiger partial charge is 0.329 e. The molecule has 0 radical (unpaired) electrons. The third-order valence-electron chi connectivity index (χ3n) is 5.03. The summed E-state index contributed by atoms with van der Waals surface area (Å²) in [7, 11) is 0.672. The monoisotopic (exact) mass is 414 g/mol. The van der Waals surface area contributed by atoms with Crippen LogP contribution in [-0.4, -0.2) is 25.2 Å². The number of hydrogen-bond donors (Lipinski definition) is 0. The van der Waals surface area contributed by atoms with Crippen LogP contribution in [-0.2, 0) is 23.4 Å². The van der Waals surface area contributed by atoms with E-state index in [0.29, 0.717) is 17.8 Å². The summed E-state index contributed by atoms with van der Waals surface area (Å²) in [6.07, 6.45) is 0.293. The Morgan fingerprint density at radius 2 is 1.41 bits per heavy atom. The number of unbranched alkanes of at least 4 members (excludes halogenated alkanes) is 1. The van der Waals surface area contributed by atoms with E-state index in [-0.39, 0.29) is 6.42 Å². The van der Waals surface area contributed by atoms with E-state index in [9.17, 15) is 14.2 Å². The molecule has 0 saturated carbocycles. The van der Waals surface area contributed by atoms with Crippen LogP contribution >= 0.6 is 8.69 Å². The summed E-state index contributed by atoms with van der Waals surface area (Å²) in [6.45, 7) is 1.97. The minimum atomic E-state index is -1.64. The molecule has 2 amide bonds. The van der Waals surface area contributed by atoms with Crippen molar-refractivity contribution >= 4 is 31.9 Å². The van der Waals surface area contributed by atoms with Crippen LogP contribution in [0.15, 0.2) is 60.7 Å². The fourth-order valence-corrected chi connectivity index (χ4v) is 3.96. The van der Waals surface area contributed by atoms with Crippen molar-refractivity contribution < 1.29 is 23.4 Å². The van der Waals surface area contributed by atoms with Gasteiger partial charge in [-0.2, -0.15) is 0 Å². The van der Waals surface area contributed by atoms with Crippen molar-refractivity contribution in [2.75, 3.05) is 17.1 Å². The van der Waals surface area contributed by atoms with Gasteiger partial charge in [0.05, 0.1) is 11.4 Å². The second-order valence-corrected chi connectivity index (χ2v) is 7.09. The average molecular weight is 414 g/mol. The number of carbonyl (C=O) groups is 2. The van der Waals surface area contributed by atoms with Gasteiger partial charge in [-0.15, -0.1) is 0 Å². The van der Waals surface area contributed by atoms with E-state index < -0.39 is 32.2 Å². The topological polar surface area (TPSA) is 76.2 Å². The van der Waals surface area contributed by atoms with Gasteiger partial charge in [-0.3, -0.25) is 14.1 Å². The Balaban J connectivity index is 2.20. The maximum Gasteiger partial charge on any atom is 0.329 e. The maximum atomic E-state index is 13.8. The molecule has 152 valence electrons. The van der Waals surface area contributed by atoms with E-state index in [0.717, 1.165) is 6.42 Å². The highest BCUT2D eigenvalue weighted by Gasteiger charge is 2.64. The number of anilines is 2. The first kappa shape index (κ1) is 21.1. The standard InChI is InChI=1S/C21H23N2O5P/c1-3-4-15-21(20(27-2)28-29-26)18(24)22(16-11-7-5-8-12-16)23(19(21)25)17-13-9-6-10-14-17/h5-14,20H,3-4,15H2,1-2H3. The number of nitrogens with zero attached hydrogens (tertiary/aromatic N) is 2. The van der Waals surface area contributed by atoms with E-state index in [4.69, 9.17) is 9.26 Å². The second kappa shape index (κ2) is 9.27. The number of benzene rings is 2. The summed E-state index contributed by atoms with van der Waals surface area (Å²) in [5.74, 6) is -0.942. The minimum Gasteiger partial charge on any atom is -0.353 e. The SMILES string of the molecule is CCCCC1(C(OC)OP=O)C(=O)N(c2ccccc2)N(c2ccccc2)C1=O. The molecule has 1 heterocycles. The summed E-state index contributed by atoms with van der Waals surface area (Å²) < 4.78 is 21.8. The Kier molecular flexibility index (Phi) is 6.75. The Labute approximate surface area is 171 Å². The molecule has 2 aromatic carbocycles. The van der Waals surface area contributed by atoms with Crippen LogP contribution in [0.25, 0.3) is 0 Å². The number of carbonyl (C=O) groups excluding carboxylic acids is 2. The molecule has 0 bridgehead atoms. The predicted octanol–water partition coefficient (Wildman–Crippen LogP) is 4.35. The fraction of sp³-hybridized carbons (Fsp3) is 0.333. The molecule has 1 atom stereocenters. The quantitative estimate of drug-likeness (QED) is 0.346. The van der Waals surface area contributed by atoms with Gasteiger partial charge in [-0.05, 0) is 30.7 Å². The highest BCUT2D eigenvalue weighted by Crippen LogP contribution is 2.45. The highest BCUT2D eigenvalue weighted by atomic mass is 31.1. The molecule has 0 N–H and O–H groups in total. The molecule has 1 saturated heterocycles. The second-order valence-electron chi connectivity index (χ2n) is 6.73. The first-order valence-corrected chi connectivity index (χ1v) is 10.1. The van der Waals surface area contributed by atoms with Gasteiger partial charge in [0.1, 0.15) is 0 Å². The molecule has 0 spiro atoms. The highest BCUT2D eigenvalue weighted by molar-refractivity contribution is 7.17. The molecule has 1 aliphatic heterocycles. The van der Waals surface area contributed by atoms with E-state index in [2.05, 4.69) is 0 Å². The lowest BCUT2D eigenvalue weighted by Crippen LogP contribution is -2.48. The molecule has 3 rings (SSSR count). The number of para-hydroxylation sites is 2. The van der Waals surface area contributed by atoms with E-state index in [1.807, 2.05) is 19.1 Å². The summed E-state index contributed by atoms with van der Waals surface area (Å²) in [4.78, 5) is 27.6. The Bertz CT molecular complexity index is 804. The number of amides is 2. The average Bonchev–Trinajstić information content (AvgIpc) is 2.99. The van der Waals surface area contributed by atoms with Crippen LogP contribution in [0.4, 0.5) is 11.4 Å². The summed E-state index contributed by atoms with van der Waals surface area (Å²) in [6, 6.07) is 17.9. The number of methoxy groups -OCH3 is 1. The largest absolute Gasteiger partial charge is 0.353 e. The zero-order valence-corrected chi connectivity index (χ0v) is 17.2. The lowest BCUT2D eigenvalue weighted by atomic mass is 9.80. The molecule has 8 heteroatoms. The van der Waals surface area contributed by atoms with Crippen molar-refractivity contribution in [2.24, 2.45) is 5.41 Å². The molecular weight excluding hydrogens is 391 g/mol. The Morgan fingerprint density at radius 1 is 0.931 bits per heavy atom. The zero-order valence-electron chi connectivity index (χ0n) is 16.4. The molecule has 1 aliphatic rings. The number of hydrogen-bond acceptors (Lipinski definition) is 5. The normalized spacial score (nSPS) is 17.2. The molecular formula is C21H23N2O5P. The van der Waals surface area contributed by atoms with Gasteiger partial charge in [0, 0.05) is 7.11 Å². The fourth-order valence-electron chi connectivity index (χ4n) is 3.62. The summed E-state index contributed by atoms with van der Waals surface area (Å²) in [5, 5.41) is 2.70. The molecule has 0 aliphatic carbocycles. The number of ether oxygens (including phenoxy) is 1. The van der Waals surface area contributed by atoms with Gasteiger partial charge in [0.2, 0.25) is 0 Å². The van der Waals surface area contributed by atoms with Crippen molar-refractivity contribution in [3.8, 4) is 0 Å². The van der Waals surface area contributed by atoms with Gasteiger partial charge in [-0.25, -0.2) is 14.6 Å². The van der Waals surface area contributed by atoms with E-state index >= 15 is 0 Å². The van der Waals surface area contributed by atoms with Gasteiger partial charge in [-0.1, -0.05) is 56.2 Å². The molecule has 29 heavy (non-hydrogen) atoms. The summed E-state index contributed by atoms with van der Waals surface area (Å²) >= 11 is 0. The van der Waals surface area contributed by atoms with Crippen LogP contribution in [0, 0.1) is 5.41 Å². The predicted molar refractivity (Wildman–Crippen MR) is 109 cm³/mol. The van der Waals surface area contributed by atoms with Crippen LogP contribution in [0.5, 0.6) is 0 Å². The molecule has 1 fully saturated rings. The first-order chi connectivity index (χ1) is 14.1. The molecule has 2 aromatic rings. The zero-order chi connectivity index (χ0) is 20.9. The van der Waals surface area contributed by atoms with Gasteiger partial charge < -0.3 is 4.74 Å². The van der Waals surface area contributed by atoms with Crippen molar-refractivity contribution in [2.45, 2.75) is 32.5 Å². The van der Waals surface area contributed by atoms with E-state index in [1.54, 1.807) is 48.5 Å². The lowest BCUT2D eigenvalue weighted by Gasteiger charge is -2.29. The minimum absolute atomic E-state index is 0.210. The van der Waals surface area contributed by atoms with Gasteiger partial charge in [0.25, 0.3) is 11.8 Å². The van der Waals surface area contributed by atoms with E-state index in [1.165, 1.54) is 17.1 Å². The Morgan fingerprint density at radius 3 is 1.79 bits per heavy atom. The van der Waals surface area contributed by atoms with Crippen LogP contribution in [0.1, 0.15) is 26.2 Å². The molecule has 1 unspecified atom stereocenters. The third kappa shape index (κ3) is 3.69. The first-order valence-electron chi connectivity index (χ1n) is 9.42. The number of hydrazine groups is 1. The van der Waals surface area contributed by atoms with Crippen molar-refractivity contribution in [3.05, 3.63) is 60.7 Å². The number of rotatable bonds is 9.